The Morgan fingerprint density at radius 2 is 1.97 bits per heavy atom. The van der Waals surface area contributed by atoms with Gasteiger partial charge >= 0.3 is 0 Å². The third-order valence-electron chi connectivity index (χ3n) is 4.38. The lowest BCUT2D eigenvalue weighted by molar-refractivity contribution is -0.118. The molecule has 2 aromatic carbocycles. The number of rotatable bonds is 7. The fraction of sp³-hybridized carbons (Fsp3) is 0.273. The number of carbonyl (C=O) groups is 1. The molecule has 150 valence electrons. The molecule has 1 heterocycles. The summed E-state index contributed by atoms with van der Waals surface area (Å²) in [6.45, 7) is 2.32. The molecule has 0 atom stereocenters. The third-order valence-corrected chi connectivity index (χ3v) is 7.11. The Kier molecular flexibility index (Phi) is 6.68. The van der Waals surface area contributed by atoms with Crippen LogP contribution in [0.2, 0.25) is 0 Å². The van der Waals surface area contributed by atoms with E-state index >= 15 is 0 Å². The first-order valence-electron chi connectivity index (χ1n) is 9.23. The van der Waals surface area contributed by atoms with Gasteiger partial charge in [-0.15, -0.1) is 6.42 Å². The molecule has 0 radical (unpaired) electrons. The van der Waals surface area contributed by atoms with E-state index in [0.29, 0.717) is 11.3 Å². The van der Waals surface area contributed by atoms with Gasteiger partial charge < -0.3 is 4.57 Å². The number of terminal acetylenes is 1. The molecule has 0 saturated heterocycles. The van der Waals surface area contributed by atoms with Crippen molar-refractivity contribution in [2.75, 3.05) is 5.75 Å². The average molecular weight is 427 g/mol. The Labute approximate surface area is 174 Å². The van der Waals surface area contributed by atoms with Crippen LogP contribution in [0.25, 0.3) is 10.2 Å². The van der Waals surface area contributed by atoms with E-state index in [1.807, 2.05) is 47.9 Å². The van der Waals surface area contributed by atoms with Crippen molar-refractivity contribution < 1.29 is 13.2 Å². The molecule has 0 saturated carbocycles. The van der Waals surface area contributed by atoms with Crippen molar-refractivity contribution in [1.82, 2.24) is 4.57 Å². The predicted octanol–water partition coefficient (Wildman–Crippen LogP) is 3.47. The van der Waals surface area contributed by atoms with Gasteiger partial charge in [0, 0.05) is 6.42 Å². The zero-order valence-electron chi connectivity index (χ0n) is 16.2. The first-order chi connectivity index (χ1) is 13.9. The van der Waals surface area contributed by atoms with Gasteiger partial charge in [0.15, 0.2) is 14.6 Å². The SMILES string of the molecule is C#CCn1c(=NC(=O)CCCS(=O)(=O)Cc2ccccc2)sc2cc(C)ccc21. The molecule has 0 N–H and O–H groups in total. The summed E-state index contributed by atoms with van der Waals surface area (Å²) in [5.41, 5.74) is 2.81. The minimum atomic E-state index is -3.27. The molecule has 5 nitrogen and oxygen atoms in total. The van der Waals surface area contributed by atoms with Crippen LogP contribution < -0.4 is 4.80 Å². The molecule has 29 heavy (non-hydrogen) atoms. The lowest BCUT2D eigenvalue weighted by atomic mass is 10.2. The molecule has 0 aliphatic heterocycles. The minimum Gasteiger partial charge on any atom is -0.305 e. The molecular formula is C22H22N2O3S2. The monoisotopic (exact) mass is 426 g/mol. The first kappa shape index (κ1) is 21.0. The van der Waals surface area contributed by atoms with Crippen molar-refractivity contribution in [2.24, 2.45) is 4.99 Å². The highest BCUT2D eigenvalue weighted by molar-refractivity contribution is 7.90. The summed E-state index contributed by atoms with van der Waals surface area (Å²) in [5, 5.41) is 0. The molecule has 0 bridgehead atoms. The van der Waals surface area contributed by atoms with E-state index in [0.717, 1.165) is 21.3 Å². The van der Waals surface area contributed by atoms with Gasteiger partial charge in [-0.05, 0) is 36.6 Å². The number of carbonyl (C=O) groups excluding carboxylic acids is 1. The quantitative estimate of drug-likeness (QED) is 0.543. The second kappa shape index (κ2) is 9.21. The van der Waals surface area contributed by atoms with E-state index in [1.165, 1.54) is 11.3 Å². The van der Waals surface area contributed by atoms with Gasteiger partial charge in [-0.1, -0.05) is 53.7 Å². The highest BCUT2D eigenvalue weighted by atomic mass is 32.2. The summed E-state index contributed by atoms with van der Waals surface area (Å²) in [4.78, 5) is 17.1. The van der Waals surface area contributed by atoms with Crippen molar-refractivity contribution in [3.8, 4) is 12.3 Å². The maximum atomic E-state index is 12.3. The smallest absolute Gasteiger partial charge is 0.248 e. The number of hydrogen-bond acceptors (Lipinski definition) is 4. The van der Waals surface area contributed by atoms with Crippen LogP contribution in [0.1, 0.15) is 24.0 Å². The molecular weight excluding hydrogens is 404 g/mol. The molecule has 1 aromatic heterocycles. The Balaban J connectivity index is 1.69. The Morgan fingerprint density at radius 1 is 1.21 bits per heavy atom. The maximum absolute atomic E-state index is 12.3. The maximum Gasteiger partial charge on any atom is 0.248 e. The molecule has 1 amide bonds. The molecule has 7 heteroatoms. The summed E-state index contributed by atoms with van der Waals surface area (Å²) in [6.07, 6.45) is 5.80. The predicted molar refractivity (Wildman–Crippen MR) is 117 cm³/mol. The lowest BCUT2D eigenvalue weighted by Gasteiger charge is -2.03. The molecule has 0 aliphatic rings. The van der Waals surface area contributed by atoms with Crippen LogP contribution in [0.3, 0.4) is 0 Å². The number of sulfone groups is 1. The topological polar surface area (TPSA) is 68.5 Å². The average Bonchev–Trinajstić information content (AvgIpc) is 2.98. The van der Waals surface area contributed by atoms with E-state index in [2.05, 4.69) is 10.9 Å². The van der Waals surface area contributed by atoms with E-state index in [-0.39, 0.29) is 30.3 Å². The van der Waals surface area contributed by atoms with Crippen molar-refractivity contribution in [3.63, 3.8) is 0 Å². The Morgan fingerprint density at radius 3 is 2.69 bits per heavy atom. The Bertz CT molecular complexity index is 1230. The van der Waals surface area contributed by atoms with Crippen molar-refractivity contribution in [1.29, 1.82) is 0 Å². The van der Waals surface area contributed by atoms with Gasteiger partial charge in [0.05, 0.1) is 28.3 Å². The number of nitrogens with zero attached hydrogens (tertiary/aromatic N) is 2. The third kappa shape index (κ3) is 5.66. The molecule has 0 unspecified atom stereocenters. The fourth-order valence-corrected chi connectivity index (χ4v) is 5.59. The zero-order chi connectivity index (χ0) is 20.9. The van der Waals surface area contributed by atoms with Crippen LogP contribution in [0.4, 0.5) is 0 Å². The van der Waals surface area contributed by atoms with Crippen LogP contribution in [0.5, 0.6) is 0 Å². The summed E-state index contributed by atoms with van der Waals surface area (Å²) in [6, 6.07) is 15.0. The van der Waals surface area contributed by atoms with E-state index in [1.54, 1.807) is 12.1 Å². The molecule has 3 rings (SSSR count). The summed E-state index contributed by atoms with van der Waals surface area (Å²) < 4.78 is 27.4. The van der Waals surface area contributed by atoms with Gasteiger partial charge in [-0.2, -0.15) is 4.99 Å². The summed E-state index contributed by atoms with van der Waals surface area (Å²) >= 11 is 1.41. The molecule has 0 aliphatic carbocycles. The molecule has 0 fully saturated rings. The first-order valence-corrected chi connectivity index (χ1v) is 11.9. The fourth-order valence-electron chi connectivity index (χ4n) is 3.02. The number of benzene rings is 2. The van der Waals surface area contributed by atoms with Crippen molar-refractivity contribution in [3.05, 3.63) is 64.5 Å². The largest absolute Gasteiger partial charge is 0.305 e. The van der Waals surface area contributed by atoms with Crippen LogP contribution in [-0.4, -0.2) is 24.6 Å². The zero-order valence-corrected chi connectivity index (χ0v) is 17.8. The van der Waals surface area contributed by atoms with Crippen LogP contribution in [0, 0.1) is 19.3 Å². The summed E-state index contributed by atoms with van der Waals surface area (Å²) in [7, 11) is -3.27. The summed E-state index contributed by atoms with van der Waals surface area (Å²) in [5.74, 6) is 2.20. The van der Waals surface area contributed by atoms with Gasteiger partial charge in [0.2, 0.25) is 5.91 Å². The van der Waals surface area contributed by atoms with Gasteiger partial charge in [-0.3, -0.25) is 4.79 Å². The molecule has 0 spiro atoms. The molecule has 3 aromatic rings. The normalized spacial score (nSPS) is 12.2. The standard InChI is InChI=1S/C22H22N2O3S2/c1-3-13-24-19-12-11-17(2)15-20(19)28-22(24)23-21(25)10-7-14-29(26,27)16-18-8-5-4-6-9-18/h1,4-6,8-9,11-12,15H,7,10,13-14,16H2,2H3. The number of aryl methyl sites for hydroxylation is 1. The van der Waals surface area contributed by atoms with E-state index in [4.69, 9.17) is 6.42 Å². The van der Waals surface area contributed by atoms with Gasteiger partial charge in [-0.25, -0.2) is 8.42 Å². The second-order valence-electron chi connectivity index (χ2n) is 6.83. The van der Waals surface area contributed by atoms with Gasteiger partial charge in [0.1, 0.15) is 0 Å². The van der Waals surface area contributed by atoms with Crippen molar-refractivity contribution >= 4 is 37.3 Å². The number of hydrogen-bond donors (Lipinski definition) is 0. The number of thiazole rings is 1. The highest BCUT2D eigenvalue weighted by Crippen LogP contribution is 2.19. The van der Waals surface area contributed by atoms with E-state index in [9.17, 15) is 13.2 Å². The van der Waals surface area contributed by atoms with Crippen LogP contribution in [0.15, 0.2) is 53.5 Å². The van der Waals surface area contributed by atoms with Gasteiger partial charge in [0.25, 0.3) is 0 Å². The number of amides is 1. The Hall–Kier alpha value is -2.69. The lowest BCUT2D eigenvalue weighted by Crippen LogP contribution is -2.17. The minimum absolute atomic E-state index is 0.0169. The van der Waals surface area contributed by atoms with Crippen molar-refractivity contribution in [2.45, 2.75) is 32.1 Å². The van der Waals surface area contributed by atoms with Crippen LogP contribution >= 0.6 is 11.3 Å². The van der Waals surface area contributed by atoms with E-state index < -0.39 is 9.84 Å². The number of aromatic nitrogens is 1. The highest BCUT2D eigenvalue weighted by Gasteiger charge is 2.13. The second-order valence-corrected chi connectivity index (χ2v) is 10.0. The number of fused-ring (bicyclic) bond motifs is 1. The van der Waals surface area contributed by atoms with Crippen LogP contribution in [-0.2, 0) is 26.9 Å².